The number of rotatable bonds is 9. The molecular weight excluding hydrogens is 339 g/mol. The molecule has 0 aliphatic heterocycles. The number of carboxylic acids is 3. The van der Waals surface area contributed by atoms with Crippen LogP contribution in [0.4, 0.5) is 0 Å². The number of hydrogen-bond acceptors (Lipinski definition) is 10. The van der Waals surface area contributed by atoms with Crippen molar-refractivity contribution in [1.29, 1.82) is 0 Å². The van der Waals surface area contributed by atoms with Crippen LogP contribution in [0, 0.1) is 0 Å². The van der Waals surface area contributed by atoms with Gasteiger partial charge in [-0.05, 0) is 0 Å². The predicted molar refractivity (Wildman–Crippen MR) is 47.9 cm³/mol. The molecule has 0 atom stereocenters. The Balaban J connectivity index is -0.000000163. The number of nitrogens with zero attached hydrogens (tertiary/aromatic N) is 1. The zero-order chi connectivity index (χ0) is 14.6. The van der Waals surface area contributed by atoms with Crippen LogP contribution in [0.15, 0.2) is 0 Å². The van der Waals surface area contributed by atoms with Gasteiger partial charge >= 0.3 is 51.3 Å². The third-order valence-corrected chi connectivity index (χ3v) is 1.58. The van der Waals surface area contributed by atoms with Crippen molar-refractivity contribution in [2.24, 2.45) is 0 Å². The van der Waals surface area contributed by atoms with Gasteiger partial charge in [-0.25, -0.2) is 0 Å². The number of carboxylic acid groups (broad SMARTS) is 3. The van der Waals surface area contributed by atoms with Crippen molar-refractivity contribution in [3.05, 3.63) is 0 Å². The molecule has 13 heteroatoms. The molecule has 0 aliphatic carbocycles. The first kappa shape index (κ1) is 32.8. The molecule has 3 N–H and O–H groups in total. The van der Waals surface area contributed by atoms with Gasteiger partial charge in [-0.2, -0.15) is 0 Å². The summed E-state index contributed by atoms with van der Waals surface area (Å²) in [6.45, 7) is -1.32. The van der Waals surface area contributed by atoms with Gasteiger partial charge in [0.25, 0.3) is 0 Å². The van der Waals surface area contributed by atoms with Crippen LogP contribution in [-0.2, 0) is 36.1 Å². The second-order valence-corrected chi connectivity index (χ2v) is 3.00. The Morgan fingerprint density at radius 1 is 0.905 bits per heavy atom. The van der Waals surface area contributed by atoms with Crippen molar-refractivity contribution in [1.82, 2.24) is 10.2 Å². The summed E-state index contributed by atoms with van der Waals surface area (Å²) in [6, 6.07) is 0. The minimum atomic E-state index is -1.42. The molecule has 0 bridgehead atoms. The first-order chi connectivity index (χ1) is 8.41. The average molecular weight is 352 g/mol. The van der Waals surface area contributed by atoms with Crippen LogP contribution in [0.25, 0.3) is 0 Å². The van der Waals surface area contributed by atoms with Crippen LogP contribution in [0.3, 0.4) is 0 Å². The van der Waals surface area contributed by atoms with Gasteiger partial charge in [0, 0.05) is 32.7 Å². The SMILES string of the molecule is O.O=C([O-])CNCCN(CC(=O)[O-])CC(=O)[O-].[Na+].[O-][O-].[Ti+4]. The molecule has 0 heterocycles. The topological polar surface area (TPSA) is 213 Å². The van der Waals surface area contributed by atoms with E-state index in [9.17, 15) is 29.7 Å². The Bertz CT molecular complexity index is 266. The molecule has 0 aromatic carbocycles. The fourth-order valence-corrected chi connectivity index (χ4v) is 1.01. The fourth-order valence-electron chi connectivity index (χ4n) is 1.01. The van der Waals surface area contributed by atoms with Crippen LogP contribution in [0.1, 0.15) is 0 Å². The molecule has 114 valence electrons. The van der Waals surface area contributed by atoms with Gasteiger partial charge in [0.2, 0.25) is 0 Å². The van der Waals surface area contributed by atoms with Gasteiger partial charge < -0.3 is 51.0 Å². The number of nitrogens with one attached hydrogen (secondary N) is 1. The van der Waals surface area contributed by atoms with E-state index in [0.717, 1.165) is 4.90 Å². The van der Waals surface area contributed by atoms with E-state index in [1.54, 1.807) is 0 Å². The molecule has 0 radical (unpaired) electrons. The Kier molecular flexibility index (Phi) is 34.6. The third kappa shape index (κ3) is 28.7. The number of hydrogen-bond donors (Lipinski definition) is 1. The maximum Gasteiger partial charge on any atom is 4.00 e. The second kappa shape index (κ2) is 22.2. The maximum absolute atomic E-state index is 10.2. The average Bonchev–Trinajstić information content (AvgIpc) is 2.25. The van der Waals surface area contributed by atoms with E-state index in [2.05, 4.69) is 5.32 Å². The Labute approximate surface area is 157 Å². The van der Waals surface area contributed by atoms with Gasteiger partial charge in [0.1, 0.15) is 0 Å². The van der Waals surface area contributed by atoms with E-state index in [0.29, 0.717) is 0 Å². The zero-order valence-electron chi connectivity index (χ0n) is 11.2. The predicted octanol–water partition coefficient (Wildman–Crippen LogP) is -12.1. The minimum absolute atomic E-state index is 0. The van der Waals surface area contributed by atoms with Crippen molar-refractivity contribution < 1.29 is 97.0 Å². The zero-order valence-corrected chi connectivity index (χ0v) is 14.8. The first-order valence-corrected chi connectivity index (χ1v) is 4.61. The minimum Gasteiger partial charge on any atom is -1.00 e. The summed E-state index contributed by atoms with van der Waals surface area (Å²) >= 11 is 0. The summed E-state index contributed by atoms with van der Waals surface area (Å²) in [5.74, 6) is -4.13. The Hall–Kier alpha value is -0.0757. The van der Waals surface area contributed by atoms with Crippen molar-refractivity contribution in [3.63, 3.8) is 0 Å². The van der Waals surface area contributed by atoms with Crippen molar-refractivity contribution >= 4 is 17.9 Å². The van der Waals surface area contributed by atoms with Crippen molar-refractivity contribution in [2.75, 3.05) is 32.7 Å². The molecule has 0 unspecified atom stereocenters. The molecule has 0 aromatic rings. The van der Waals surface area contributed by atoms with Gasteiger partial charge in [0.15, 0.2) is 0 Å². The maximum atomic E-state index is 10.2. The van der Waals surface area contributed by atoms with E-state index in [1.165, 1.54) is 0 Å². The normalized spacial score (nSPS) is 8.14. The van der Waals surface area contributed by atoms with Crippen molar-refractivity contribution in [3.8, 4) is 0 Å². The molecule has 11 nitrogen and oxygen atoms in total. The van der Waals surface area contributed by atoms with Crippen LogP contribution < -0.4 is 60.7 Å². The number of aliphatic carboxylic acids is 3. The smallest absolute Gasteiger partial charge is 1.00 e. The van der Waals surface area contributed by atoms with Gasteiger partial charge in [-0.3, -0.25) is 4.90 Å². The standard InChI is InChI=1S/C8H14N2O6.Na.O2.H2O.Ti/c11-6(12)3-9-1-2-10(4-7(13)14)5-8(15)16;;1-2;;/h9H,1-5H2,(H,11,12)(H,13,14)(H,15,16);;;1H2;/q;+1;-2;;+4/p-3. The van der Waals surface area contributed by atoms with Crippen LogP contribution >= 0.6 is 0 Å². The van der Waals surface area contributed by atoms with Gasteiger partial charge in [-0.1, -0.05) is 0 Å². The first-order valence-electron chi connectivity index (χ1n) is 4.61. The summed E-state index contributed by atoms with van der Waals surface area (Å²) in [6.07, 6.45) is 0. The van der Waals surface area contributed by atoms with Gasteiger partial charge in [-0.15, -0.1) is 0 Å². The van der Waals surface area contributed by atoms with E-state index >= 15 is 0 Å². The fraction of sp³-hybridized carbons (Fsp3) is 0.625. The molecule has 0 rings (SSSR count). The molecule has 0 fully saturated rings. The largest absolute Gasteiger partial charge is 4.00 e. The summed E-state index contributed by atoms with van der Waals surface area (Å²) in [5, 5.41) is 46.9. The molecule has 21 heavy (non-hydrogen) atoms. The summed E-state index contributed by atoms with van der Waals surface area (Å²) < 4.78 is 0. The molecular formula is C8H13N2NaO9Ti. The van der Waals surface area contributed by atoms with Crippen LogP contribution in [-0.4, -0.2) is 61.0 Å². The van der Waals surface area contributed by atoms with Crippen molar-refractivity contribution in [2.45, 2.75) is 0 Å². The summed E-state index contributed by atoms with van der Waals surface area (Å²) in [4.78, 5) is 31.5. The monoisotopic (exact) mass is 352 g/mol. The molecule has 0 saturated heterocycles. The Morgan fingerprint density at radius 2 is 1.29 bits per heavy atom. The third-order valence-electron chi connectivity index (χ3n) is 1.58. The van der Waals surface area contributed by atoms with Crippen LogP contribution in [0.5, 0.6) is 0 Å². The molecule has 0 spiro atoms. The van der Waals surface area contributed by atoms with Gasteiger partial charge in [0.05, 0.1) is 17.9 Å². The summed E-state index contributed by atoms with van der Waals surface area (Å²) in [5.41, 5.74) is 0. The second-order valence-electron chi connectivity index (χ2n) is 3.00. The van der Waals surface area contributed by atoms with E-state index in [4.69, 9.17) is 10.5 Å². The number of carbonyl (C=O) groups excluding carboxylic acids is 3. The molecule has 0 amide bonds. The van der Waals surface area contributed by atoms with E-state index < -0.39 is 31.0 Å². The number of carbonyl (C=O) groups is 3. The van der Waals surface area contributed by atoms with E-state index in [-0.39, 0.29) is 76.4 Å². The quantitative estimate of drug-likeness (QED) is 0.179. The molecule has 0 aromatic heterocycles. The summed E-state index contributed by atoms with van der Waals surface area (Å²) in [7, 11) is 0. The molecule has 0 aliphatic rings. The van der Waals surface area contributed by atoms with E-state index in [1.807, 2.05) is 0 Å². The van der Waals surface area contributed by atoms with Crippen LogP contribution in [0.2, 0.25) is 0 Å². The Morgan fingerprint density at radius 3 is 1.57 bits per heavy atom. The molecule has 0 saturated carbocycles.